The lowest BCUT2D eigenvalue weighted by Gasteiger charge is -2.28. The smallest absolute Gasteiger partial charge is 0.234 e. The van der Waals surface area contributed by atoms with Crippen molar-refractivity contribution in [2.24, 2.45) is 5.16 Å². The quantitative estimate of drug-likeness (QED) is 0.542. The maximum atomic E-state index is 11.6. The third kappa shape index (κ3) is 4.61. The molecule has 0 bridgehead atoms. The van der Waals surface area contributed by atoms with E-state index in [1.54, 1.807) is 0 Å². The number of nitrogens with zero attached hydrogens (tertiary/aromatic N) is 2. The Hall–Kier alpha value is -1.10. The van der Waals surface area contributed by atoms with Crippen LogP contribution in [0.3, 0.4) is 0 Å². The zero-order valence-corrected chi connectivity index (χ0v) is 10.3. The minimum absolute atomic E-state index is 0.0527. The summed E-state index contributed by atoms with van der Waals surface area (Å²) in [5, 5.41) is 14.7. The van der Waals surface area contributed by atoms with E-state index in [9.17, 15) is 4.79 Å². The molecular formula is C11H21N3O2. The van der Waals surface area contributed by atoms with Crippen molar-refractivity contribution in [2.45, 2.75) is 39.2 Å². The van der Waals surface area contributed by atoms with Gasteiger partial charge in [-0.25, -0.2) is 0 Å². The van der Waals surface area contributed by atoms with Crippen LogP contribution in [0.5, 0.6) is 0 Å². The first kappa shape index (κ1) is 13.0. The van der Waals surface area contributed by atoms with Crippen LogP contribution in [0.15, 0.2) is 5.16 Å². The fourth-order valence-electron chi connectivity index (χ4n) is 1.73. The van der Waals surface area contributed by atoms with Gasteiger partial charge in [0.05, 0.1) is 12.3 Å². The van der Waals surface area contributed by atoms with Crippen molar-refractivity contribution in [3.63, 3.8) is 0 Å². The first-order valence-electron chi connectivity index (χ1n) is 5.64. The zero-order chi connectivity index (χ0) is 12.2. The van der Waals surface area contributed by atoms with Crippen molar-refractivity contribution >= 4 is 11.6 Å². The molecule has 5 nitrogen and oxygen atoms in total. The van der Waals surface area contributed by atoms with E-state index in [2.05, 4.69) is 15.4 Å². The van der Waals surface area contributed by atoms with E-state index in [0.717, 1.165) is 31.6 Å². The molecule has 0 atom stereocenters. The van der Waals surface area contributed by atoms with Crippen LogP contribution in [0.1, 0.15) is 33.6 Å². The average Bonchev–Trinajstić information content (AvgIpc) is 2.16. The third-order valence-electron chi connectivity index (χ3n) is 2.46. The summed E-state index contributed by atoms with van der Waals surface area (Å²) in [5.74, 6) is 0.0527. The summed E-state index contributed by atoms with van der Waals surface area (Å²) < 4.78 is 0. The molecule has 0 aromatic rings. The average molecular weight is 227 g/mol. The van der Waals surface area contributed by atoms with Gasteiger partial charge in [0.15, 0.2) is 0 Å². The van der Waals surface area contributed by atoms with Gasteiger partial charge in [-0.1, -0.05) is 5.16 Å². The summed E-state index contributed by atoms with van der Waals surface area (Å²) in [6.07, 6.45) is 1.50. The molecule has 1 aliphatic rings. The second kappa shape index (κ2) is 5.30. The van der Waals surface area contributed by atoms with Crippen molar-refractivity contribution in [2.75, 3.05) is 19.6 Å². The molecule has 2 N–H and O–H groups in total. The van der Waals surface area contributed by atoms with Crippen molar-refractivity contribution in [3.05, 3.63) is 0 Å². The summed E-state index contributed by atoms with van der Waals surface area (Å²) in [4.78, 5) is 13.7. The van der Waals surface area contributed by atoms with Crippen LogP contribution < -0.4 is 5.32 Å². The lowest BCUT2D eigenvalue weighted by molar-refractivity contribution is -0.123. The second-order valence-electron chi connectivity index (χ2n) is 5.24. The predicted molar refractivity (Wildman–Crippen MR) is 62.8 cm³/mol. The number of piperidine rings is 1. The highest BCUT2D eigenvalue weighted by Gasteiger charge is 2.20. The van der Waals surface area contributed by atoms with Crippen LogP contribution in [0.25, 0.3) is 0 Å². The van der Waals surface area contributed by atoms with Gasteiger partial charge >= 0.3 is 0 Å². The van der Waals surface area contributed by atoms with Gasteiger partial charge in [0.1, 0.15) is 0 Å². The Morgan fingerprint density at radius 1 is 1.44 bits per heavy atom. The van der Waals surface area contributed by atoms with Crippen molar-refractivity contribution in [1.29, 1.82) is 0 Å². The van der Waals surface area contributed by atoms with E-state index < -0.39 is 0 Å². The molecule has 0 aromatic heterocycles. The fraction of sp³-hybridized carbons (Fsp3) is 0.818. The largest absolute Gasteiger partial charge is 0.411 e. The van der Waals surface area contributed by atoms with Crippen LogP contribution in [0.2, 0.25) is 0 Å². The number of carbonyl (C=O) groups excluding carboxylic acids is 1. The van der Waals surface area contributed by atoms with Crippen molar-refractivity contribution in [1.82, 2.24) is 10.2 Å². The van der Waals surface area contributed by atoms with Crippen molar-refractivity contribution < 1.29 is 10.0 Å². The number of likely N-dealkylation sites (tertiary alicyclic amines) is 1. The number of hydrogen-bond donors (Lipinski definition) is 2. The second-order valence-corrected chi connectivity index (χ2v) is 5.24. The highest BCUT2D eigenvalue weighted by Crippen LogP contribution is 2.07. The molecule has 0 spiro atoms. The van der Waals surface area contributed by atoms with Crippen molar-refractivity contribution in [3.8, 4) is 0 Å². The number of oxime groups is 1. The molecule has 1 saturated heterocycles. The van der Waals surface area contributed by atoms with E-state index in [4.69, 9.17) is 5.21 Å². The fourth-order valence-corrected chi connectivity index (χ4v) is 1.73. The molecule has 1 rings (SSSR count). The molecule has 0 unspecified atom stereocenters. The van der Waals surface area contributed by atoms with Gasteiger partial charge in [-0.2, -0.15) is 0 Å². The summed E-state index contributed by atoms with van der Waals surface area (Å²) in [6.45, 7) is 7.91. The molecule has 0 saturated carbocycles. The summed E-state index contributed by atoms with van der Waals surface area (Å²) in [6, 6.07) is 0. The molecule has 1 heterocycles. The van der Waals surface area contributed by atoms with Crippen LogP contribution >= 0.6 is 0 Å². The predicted octanol–water partition coefficient (Wildman–Crippen LogP) is 0.827. The minimum atomic E-state index is -0.176. The van der Waals surface area contributed by atoms with E-state index in [-0.39, 0.29) is 11.4 Å². The first-order valence-corrected chi connectivity index (χ1v) is 5.64. The molecule has 0 radical (unpaired) electrons. The molecule has 0 aromatic carbocycles. The lowest BCUT2D eigenvalue weighted by atomic mass is 10.1. The van der Waals surface area contributed by atoms with Gasteiger partial charge in [-0.05, 0) is 20.8 Å². The maximum Gasteiger partial charge on any atom is 0.234 e. The van der Waals surface area contributed by atoms with E-state index >= 15 is 0 Å². The Morgan fingerprint density at radius 3 is 2.44 bits per heavy atom. The molecule has 1 aliphatic heterocycles. The SMILES string of the molecule is CC(C)(C)NC(=O)CN1CCC(=NO)CC1. The van der Waals surface area contributed by atoms with Gasteiger partial charge < -0.3 is 10.5 Å². The molecule has 0 aliphatic carbocycles. The molecule has 16 heavy (non-hydrogen) atoms. The Kier molecular flexibility index (Phi) is 4.29. The summed E-state index contributed by atoms with van der Waals surface area (Å²) in [7, 11) is 0. The monoisotopic (exact) mass is 227 g/mol. The maximum absolute atomic E-state index is 11.6. The van der Waals surface area contributed by atoms with Gasteiger partial charge in [-0.3, -0.25) is 9.69 Å². The number of carbonyl (C=O) groups is 1. The molecule has 1 fully saturated rings. The van der Waals surface area contributed by atoms with Gasteiger partial charge in [-0.15, -0.1) is 0 Å². The standard InChI is InChI=1S/C11H21N3O2/c1-11(2,3)12-10(15)8-14-6-4-9(13-16)5-7-14/h16H,4-8H2,1-3H3,(H,12,15). The van der Waals surface area contributed by atoms with E-state index in [1.165, 1.54) is 0 Å². The Morgan fingerprint density at radius 2 is 2.00 bits per heavy atom. The van der Waals surface area contributed by atoms with Gasteiger partial charge in [0.2, 0.25) is 5.91 Å². The van der Waals surface area contributed by atoms with Crippen LogP contribution in [0, 0.1) is 0 Å². The number of amides is 1. The molecule has 5 heteroatoms. The number of rotatable bonds is 2. The van der Waals surface area contributed by atoms with Crippen LogP contribution in [-0.4, -0.2) is 46.9 Å². The first-order chi connectivity index (χ1) is 7.40. The topological polar surface area (TPSA) is 64.9 Å². The van der Waals surface area contributed by atoms with Gasteiger partial charge in [0.25, 0.3) is 0 Å². The highest BCUT2D eigenvalue weighted by atomic mass is 16.4. The Labute approximate surface area is 96.5 Å². The lowest BCUT2D eigenvalue weighted by Crippen LogP contribution is -2.47. The molecule has 92 valence electrons. The Balaban J connectivity index is 2.31. The minimum Gasteiger partial charge on any atom is -0.411 e. The zero-order valence-electron chi connectivity index (χ0n) is 10.3. The number of nitrogens with one attached hydrogen (secondary N) is 1. The normalized spacial score (nSPS) is 18.3. The van der Waals surface area contributed by atoms with Crippen LogP contribution in [-0.2, 0) is 4.79 Å². The third-order valence-corrected chi connectivity index (χ3v) is 2.46. The van der Waals surface area contributed by atoms with E-state index in [0.29, 0.717) is 6.54 Å². The summed E-state index contributed by atoms with van der Waals surface area (Å²) >= 11 is 0. The molecule has 1 amide bonds. The van der Waals surface area contributed by atoms with Crippen LogP contribution in [0.4, 0.5) is 0 Å². The highest BCUT2D eigenvalue weighted by molar-refractivity contribution is 5.85. The Bertz CT molecular complexity index is 271. The number of hydrogen-bond acceptors (Lipinski definition) is 4. The molecular weight excluding hydrogens is 206 g/mol. The van der Waals surface area contributed by atoms with Gasteiger partial charge in [0, 0.05) is 31.5 Å². The summed E-state index contributed by atoms with van der Waals surface area (Å²) in [5.41, 5.74) is 0.650. The van der Waals surface area contributed by atoms with E-state index in [1.807, 2.05) is 20.8 Å².